The summed E-state index contributed by atoms with van der Waals surface area (Å²) in [6.45, 7) is 0. The van der Waals surface area contributed by atoms with Crippen LogP contribution in [0.2, 0.25) is 0 Å². The molecule has 0 saturated heterocycles. The number of hydrogen-bond donors (Lipinski definition) is 0. The second-order valence-corrected chi connectivity index (χ2v) is 11.9. The lowest BCUT2D eigenvalue weighted by molar-refractivity contribution is -0.122. The maximum absolute atomic E-state index is 12.7. The molecule has 22 heavy (non-hydrogen) atoms. The third kappa shape index (κ3) is 0.414. The number of aldehydes is 1. The van der Waals surface area contributed by atoms with Crippen molar-refractivity contribution in [3.05, 3.63) is 0 Å². The molecule has 0 bridgehead atoms. The fourth-order valence-electron chi connectivity index (χ4n) is 15.8. The molecule has 0 radical (unpaired) electrons. The van der Waals surface area contributed by atoms with Crippen molar-refractivity contribution >= 4 is 6.29 Å². The molecule has 0 heterocycles. The minimum atomic E-state index is 0.262. The second-order valence-electron chi connectivity index (χ2n) is 11.9. The van der Waals surface area contributed by atoms with Gasteiger partial charge in [-0.05, 0) is 112 Å². The Labute approximate surface area is 129 Å². The van der Waals surface area contributed by atoms with Gasteiger partial charge in [-0.15, -0.1) is 0 Å². The molecule has 0 spiro atoms. The van der Waals surface area contributed by atoms with Crippen LogP contribution in [0.3, 0.4) is 0 Å². The van der Waals surface area contributed by atoms with Crippen LogP contribution in [0.5, 0.6) is 0 Å². The van der Waals surface area contributed by atoms with E-state index in [0.29, 0.717) is 0 Å². The monoisotopic (exact) mass is 288 g/mol. The van der Waals surface area contributed by atoms with Gasteiger partial charge in [-0.1, -0.05) is 0 Å². The number of carbonyl (C=O) groups is 1. The van der Waals surface area contributed by atoms with E-state index in [2.05, 4.69) is 0 Å². The molecule has 12 rings (SSSR count). The van der Waals surface area contributed by atoms with Crippen LogP contribution in [0.4, 0.5) is 0 Å². The molecule has 1 nitrogen and oxygen atoms in total. The van der Waals surface area contributed by atoms with E-state index in [4.69, 9.17) is 0 Å². The van der Waals surface area contributed by atoms with Crippen LogP contribution in [0.1, 0.15) is 0 Å². The minimum absolute atomic E-state index is 0.262. The number of rotatable bonds is 1. The first-order chi connectivity index (χ1) is 10.9. The highest BCUT2D eigenvalue weighted by Gasteiger charge is 3.01. The van der Waals surface area contributed by atoms with Crippen molar-refractivity contribution in [2.45, 2.75) is 0 Å². The van der Waals surface area contributed by atoms with Crippen LogP contribution in [0, 0.1) is 118 Å². The number of carbonyl (C=O) groups excluding carboxylic acids is 1. The summed E-state index contributed by atoms with van der Waals surface area (Å²) in [6.07, 6.45) is 1.64. The molecule has 0 amide bonds. The van der Waals surface area contributed by atoms with Gasteiger partial charge in [0.05, 0.1) is 0 Å². The smallest absolute Gasteiger partial charge is 0.127 e. The third-order valence-electron chi connectivity index (χ3n) is 13.8. The molecule has 20 atom stereocenters. The fourth-order valence-corrected chi connectivity index (χ4v) is 15.8. The second kappa shape index (κ2) is 1.97. The molecular formula is C21H20O. The Balaban J connectivity index is 1.47. The van der Waals surface area contributed by atoms with Gasteiger partial charge in [-0.25, -0.2) is 0 Å². The van der Waals surface area contributed by atoms with Crippen LogP contribution in [-0.4, -0.2) is 6.29 Å². The molecule has 12 fully saturated rings. The van der Waals surface area contributed by atoms with E-state index < -0.39 is 0 Å². The standard InChI is InChI=1S/C21H20O/c22-1-21-18-12-6-3-2-4-8(6)14(18)16-10(4)11-5(2)9-7(3)13(12)19(21)15(9)17(11)20(16)21/h1-20H/t2?,3?,4?,5?,6-,7-,8-,9+,10+,11+,12-,13+,14+,15+,16-,17-,18?,19?,20?,21?/m0/s1. The van der Waals surface area contributed by atoms with Gasteiger partial charge in [0.15, 0.2) is 0 Å². The Bertz CT molecular complexity index is 654. The number of hydrogen-bond acceptors (Lipinski definition) is 1. The van der Waals surface area contributed by atoms with Crippen molar-refractivity contribution in [1.82, 2.24) is 0 Å². The molecule has 0 aliphatic heterocycles. The minimum Gasteiger partial charge on any atom is -0.303 e. The molecule has 0 aromatic rings. The van der Waals surface area contributed by atoms with Crippen molar-refractivity contribution in [1.29, 1.82) is 0 Å². The average molecular weight is 288 g/mol. The van der Waals surface area contributed by atoms with Gasteiger partial charge in [-0.2, -0.15) is 0 Å². The Morgan fingerprint density at radius 1 is 0.409 bits per heavy atom. The first-order valence-corrected chi connectivity index (χ1v) is 10.4. The molecule has 12 aliphatic carbocycles. The maximum Gasteiger partial charge on any atom is 0.127 e. The highest BCUT2D eigenvalue weighted by Crippen LogP contribution is 3.04. The summed E-state index contributed by atoms with van der Waals surface area (Å²) in [5.41, 5.74) is 0.262. The van der Waals surface area contributed by atoms with Crippen molar-refractivity contribution in [2.75, 3.05) is 0 Å². The molecule has 8 unspecified atom stereocenters. The molecular weight excluding hydrogens is 268 g/mol. The normalized spacial score (nSPS) is 102. The lowest BCUT2D eigenvalue weighted by Crippen LogP contribution is -2.37. The first kappa shape index (κ1) is 9.23. The summed E-state index contributed by atoms with van der Waals surface area (Å²) in [7, 11) is 0. The van der Waals surface area contributed by atoms with E-state index in [9.17, 15) is 4.79 Å². The molecule has 0 aromatic heterocycles. The Morgan fingerprint density at radius 3 is 0.864 bits per heavy atom. The first-order valence-electron chi connectivity index (χ1n) is 10.4. The van der Waals surface area contributed by atoms with Gasteiger partial charge in [0.25, 0.3) is 0 Å². The Kier molecular flexibility index (Phi) is 0.828. The predicted octanol–water partition coefficient (Wildman–Crippen LogP) is 2.03. The summed E-state index contributed by atoms with van der Waals surface area (Å²) in [5.74, 6) is 21.0. The molecule has 12 saturated carbocycles. The van der Waals surface area contributed by atoms with Gasteiger partial charge in [0, 0.05) is 5.41 Å². The maximum atomic E-state index is 12.7. The SMILES string of the molecule is O=CC12C3[C@@H]4[C@@H]5C6C7C8[C@@H]9[C@@H]6[C@@H]4C1[C@@H]9[C@@H]1C2[C@H]2[C@@H](C7[C@@H]5[C@@H]32)[C@H]81. The zero-order chi connectivity index (χ0) is 13.2. The van der Waals surface area contributed by atoms with Gasteiger partial charge < -0.3 is 4.79 Å². The zero-order valence-corrected chi connectivity index (χ0v) is 12.5. The lowest BCUT2D eigenvalue weighted by atomic mass is 9.67. The summed E-state index contributed by atoms with van der Waals surface area (Å²) < 4.78 is 0. The molecule has 0 N–H and O–H groups in total. The van der Waals surface area contributed by atoms with Crippen LogP contribution < -0.4 is 0 Å². The van der Waals surface area contributed by atoms with Crippen LogP contribution in [0.15, 0.2) is 0 Å². The lowest BCUT2D eigenvalue weighted by Gasteiger charge is -2.35. The van der Waals surface area contributed by atoms with E-state index in [1.54, 1.807) is 6.29 Å². The molecule has 1 heteroatoms. The molecule has 12 aliphatic rings. The Hall–Kier alpha value is -0.330. The van der Waals surface area contributed by atoms with Gasteiger partial charge in [0.1, 0.15) is 6.29 Å². The van der Waals surface area contributed by atoms with Crippen LogP contribution in [0.25, 0.3) is 0 Å². The summed E-state index contributed by atoms with van der Waals surface area (Å²) >= 11 is 0. The average Bonchev–Trinajstić information content (AvgIpc) is 3.18. The van der Waals surface area contributed by atoms with Crippen LogP contribution in [-0.2, 0) is 4.79 Å². The van der Waals surface area contributed by atoms with E-state index in [1.807, 2.05) is 0 Å². The highest BCUT2D eigenvalue weighted by atomic mass is 16.1. The molecule has 110 valence electrons. The fraction of sp³-hybridized carbons (Fsp3) is 0.952. The predicted molar refractivity (Wildman–Crippen MR) is 74.8 cm³/mol. The van der Waals surface area contributed by atoms with E-state index in [1.165, 1.54) is 23.7 Å². The largest absolute Gasteiger partial charge is 0.303 e. The summed E-state index contributed by atoms with van der Waals surface area (Å²) in [5, 5.41) is 0. The van der Waals surface area contributed by atoms with Crippen LogP contribution >= 0.6 is 0 Å². The zero-order valence-electron chi connectivity index (χ0n) is 12.5. The van der Waals surface area contributed by atoms with E-state index in [0.717, 1.165) is 88.8 Å². The summed E-state index contributed by atoms with van der Waals surface area (Å²) in [6, 6.07) is 0. The van der Waals surface area contributed by atoms with Gasteiger partial charge in [0.2, 0.25) is 0 Å². The van der Waals surface area contributed by atoms with E-state index in [-0.39, 0.29) is 5.41 Å². The van der Waals surface area contributed by atoms with Crippen molar-refractivity contribution in [3.63, 3.8) is 0 Å². The molecule has 0 aromatic carbocycles. The van der Waals surface area contributed by atoms with E-state index >= 15 is 0 Å². The summed E-state index contributed by atoms with van der Waals surface area (Å²) in [4.78, 5) is 12.7. The van der Waals surface area contributed by atoms with Crippen molar-refractivity contribution < 1.29 is 4.79 Å². The topological polar surface area (TPSA) is 17.1 Å². The van der Waals surface area contributed by atoms with Gasteiger partial charge >= 0.3 is 0 Å². The van der Waals surface area contributed by atoms with Crippen molar-refractivity contribution in [2.24, 2.45) is 118 Å². The Morgan fingerprint density at radius 2 is 0.636 bits per heavy atom. The van der Waals surface area contributed by atoms with Gasteiger partial charge in [-0.3, -0.25) is 0 Å². The third-order valence-corrected chi connectivity index (χ3v) is 13.8. The quantitative estimate of drug-likeness (QED) is 0.675. The highest BCUT2D eigenvalue weighted by molar-refractivity contribution is 5.69. The van der Waals surface area contributed by atoms with Crippen molar-refractivity contribution in [3.8, 4) is 0 Å².